The van der Waals surface area contributed by atoms with Crippen LogP contribution in [0.25, 0.3) is 11.3 Å². The summed E-state index contributed by atoms with van der Waals surface area (Å²) in [5, 5.41) is 29.5. The first kappa shape index (κ1) is 31.8. The molecule has 0 radical (unpaired) electrons. The number of ether oxygens (including phenoxy) is 2. The molecule has 0 bridgehead atoms. The standard InChI is InChI=1S/C28H35NO7.C2H6.CH4O/c1-5-7-22(31)35-21-12-17-15(2)18(30)9-10-27(17,3)25-24(32)23-20(36-28(21,25)4)13-19(34-26(23)33)16-8-6-11-29-14-16;2*1-2/h6,8,11,13-15,17-18,21,24-25,30,32H,5,7,9-10,12H2,1-4H3;1-2H3;2H,1H3/t15?,17?,18?,21?,24?,25?,27?,28-;;/m1../s1. The predicted octanol–water partition coefficient (Wildman–Crippen LogP) is 4.67. The van der Waals surface area contributed by atoms with Crippen molar-refractivity contribution >= 4 is 5.97 Å². The second-order valence-corrected chi connectivity index (χ2v) is 11.2. The van der Waals surface area contributed by atoms with Crippen LogP contribution in [0.2, 0.25) is 0 Å². The molecule has 40 heavy (non-hydrogen) atoms. The molecule has 2 fully saturated rings. The first-order valence-electron chi connectivity index (χ1n) is 14.4. The summed E-state index contributed by atoms with van der Waals surface area (Å²) >= 11 is 0. The average Bonchev–Trinajstić information content (AvgIpc) is 2.94. The van der Waals surface area contributed by atoms with Crippen molar-refractivity contribution in [3.8, 4) is 17.1 Å². The second-order valence-electron chi connectivity index (χ2n) is 11.2. The Labute approximate surface area is 236 Å². The van der Waals surface area contributed by atoms with Gasteiger partial charge in [0.1, 0.15) is 28.8 Å². The van der Waals surface area contributed by atoms with Crippen LogP contribution in [0.15, 0.2) is 39.8 Å². The van der Waals surface area contributed by atoms with E-state index < -0.39 is 40.9 Å². The van der Waals surface area contributed by atoms with Crippen LogP contribution in [0.1, 0.15) is 85.3 Å². The molecule has 0 spiro atoms. The van der Waals surface area contributed by atoms with Gasteiger partial charge < -0.3 is 29.2 Å². The molecule has 8 atom stereocenters. The number of hydrogen-bond donors (Lipinski definition) is 3. The largest absolute Gasteiger partial charge is 0.482 e. The number of aliphatic hydroxyl groups excluding tert-OH is 3. The molecule has 0 amide bonds. The number of rotatable bonds is 4. The summed E-state index contributed by atoms with van der Waals surface area (Å²) in [5.41, 5.74) is -1.49. The lowest BCUT2D eigenvalue weighted by molar-refractivity contribution is -0.249. The van der Waals surface area contributed by atoms with E-state index >= 15 is 0 Å². The second kappa shape index (κ2) is 12.8. The summed E-state index contributed by atoms with van der Waals surface area (Å²) in [5.74, 6) is -0.423. The zero-order valence-corrected chi connectivity index (χ0v) is 24.7. The maximum Gasteiger partial charge on any atom is 0.345 e. The monoisotopic (exact) mass is 559 g/mol. The topological polar surface area (TPSA) is 139 Å². The molecule has 7 unspecified atom stereocenters. The van der Waals surface area contributed by atoms with E-state index in [1.165, 1.54) is 0 Å². The van der Waals surface area contributed by atoms with Gasteiger partial charge in [0.15, 0.2) is 0 Å². The normalized spacial score (nSPS) is 33.8. The van der Waals surface area contributed by atoms with Crippen molar-refractivity contribution in [1.82, 2.24) is 4.98 Å². The molecule has 5 rings (SSSR count). The molecule has 0 saturated heterocycles. The highest BCUT2D eigenvalue weighted by molar-refractivity contribution is 5.69. The summed E-state index contributed by atoms with van der Waals surface area (Å²) in [6.45, 7) is 11.9. The van der Waals surface area contributed by atoms with E-state index in [9.17, 15) is 19.8 Å². The van der Waals surface area contributed by atoms with Gasteiger partial charge in [0, 0.05) is 43.5 Å². The van der Waals surface area contributed by atoms with E-state index in [1.807, 2.05) is 34.6 Å². The van der Waals surface area contributed by atoms with Crippen molar-refractivity contribution < 1.29 is 34.0 Å². The Hall–Kier alpha value is -2.75. The lowest BCUT2D eigenvalue weighted by atomic mass is 9.46. The molecule has 3 N–H and O–H groups in total. The number of aliphatic hydroxyl groups is 3. The van der Waals surface area contributed by atoms with Gasteiger partial charge in [-0.1, -0.05) is 34.6 Å². The van der Waals surface area contributed by atoms with Crippen molar-refractivity contribution in [2.45, 2.75) is 97.6 Å². The quantitative estimate of drug-likeness (QED) is 0.456. The third-order valence-electron chi connectivity index (χ3n) is 9.07. The van der Waals surface area contributed by atoms with Gasteiger partial charge in [-0.25, -0.2) is 4.79 Å². The molecular formula is C31H45NO8. The fourth-order valence-corrected chi connectivity index (χ4v) is 7.24. The molecule has 2 aliphatic carbocycles. The zero-order chi connectivity index (χ0) is 29.8. The Morgan fingerprint density at radius 3 is 2.55 bits per heavy atom. The van der Waals surface area contributed by atoms with Crippen LogP contribution in [-0.4, -0.2) is 51.2 Å². The van der Waals surface area contributed by atoms with Crippen LogP contribution < -0.4 is 10.4 Å². The van der Waals surface area contributed by atoms with E-state index in [0.29, 0.717) is 31.2 Å². The Bertz CT molecular complexity index is 1200. The van der Waals surface area contributed by atoms with Crippen LogP contribution >= 0.6 is 0 Å². The van der Waals surface area contributed by atoms with Crippen molar-refractivity contribution in [3.63, 3.8) is 0 Å². The zero-order valence-electron chi connectivity index (χ0n) is 24.7. The first-order valence-corrected chi connectivity index (χ1v) is 14.4. The van der Waals surface area contributed by atoms with Crippen LogP contribution in [0.4, 0.5) is 0 Å². The average molecular weight is 560 g/mol. The van der Waals surface area contributed by atoms with E-state index in [4.69, 9.17) is 19.0 Å². The Morgan fingerprint density at radius 2 is 1.93 bits per heavy atom. The Morgan fingerprint density at radius 1 is 1.23 bits per heavy atom. The third-order valence-corrected chi connectivity index (χ3v) is 9.07. The van der Waals surface area contributed by atoms with Crippen molar-refractivity contribution in [3.05, 3.63) is 46.6 Å². The summed E-state index contributed by atoms with van der Waals surface area (Å²) in [6, 6.07) is 5.13. The minimum Gasteiger partial charge on any atom is -0.482 e. The SMILES string of the molecule is CC.CCCC(=O)OC1CC2C(C)C(O)CCC2(C)C2C(O)c3c(cc(-c4cccnc4)oc3=O)O[C@]12C.CO. The highest BCUT2D eigenvalue weighted by Crippen LogP contribution is 2.64. The molecule has 222 valence electrons. The van der Waals surface area contributed by atoms with E-state index in [0.717, 1.165) is 7.11 Å². The summed E-state index contributed by atoms with van der Waals surface area (Å²) < 4.78 is 18.3. The molecule has 2 aromatic rings. The summed E-state index contributed by atoms with van der Waals surface area (Å²) in [4.78, 5) is 30.0. The molecule has 0 aromatic carbocycles. The molecule has 3 aliphatic rings. The molecular weight excluding hydrogens is 514 g/mol. The van der Waals surface area contributed by atoms with Gasteiger partial charge in [0.2, 0.25) is 0 Å². The number of esters is 1. The van der Waals surface area contributed by atoms with Gasteiger partial charge in [-0.05, 0) is 62.0 Å². The van der Waals surface area contributed by atoms with Gasteiger partial charge in [0.25, 0.3) is 0 Å². The molecule has 9 heteroatoms. The van der Waals surface area contributed by atoms with E-state index in [-0.39, 0.29) is 41.3 Å². The van der Waals surface area contributed by atoms with Crippen LogP contribution in [0.3, 0.4) is 0 Å². The molecule has 2 saturated carbocycles. The minimum absolute atomic E-state index is 0.0275. The predicted molar refractivity (Wildman–Crippen MR) is 151 cm³/mol. The number of fused-ring (bicyclic) bond motifs is 4. The van der Waals surface area contributed by atoms with Crippen molar-refractivity contribution in [2.75, 3.05) is 7.11 Å². The fourth-order valence-electron chi connectivity index (χ4n) is 7.24. The smallest absolute Gasteiger partial charge is 0.345 e. The lowest BCUT2D eigenvalue weighted by Crippen LogP contribution is -2.69. The third kappa shape index (κ3) is 5.43. The van der Waals surface area contributed by atoms with E-state index in [1.54, 1.807) is 30.6 Å². The van der Waals surface area contributed by atoms with Gasteiger partial charge in [0.05, 0.1) is 12.2 Å². The van der Waals surface area contributed by atoms with Crippen LogP contribution in [-0.2, 0) is 9.53 Å². The number of hydrogen-bond acceptors (Lipinski definition) is 9. The fraction of sp³-hybridized carbons (Fsp3) is 0.645. The first-order chi connectivity index (χ1) is 19.1. The number of pyridine rings is 1. The highest BCUT2D eigenvalue weighted by Gasteiger charge is 2.67. The maximum absolute atomic E-state index is 13.2. The number of carbonyl (C=O) groups excluding carboxylic acids is 1. The number of aromatic nitrogens is 1. The molecule has 2 aromatic heterocycles. The number of carbonyl (C=O) groups is 1. The van der Waals surface area contributed by atoms with Gasteiger partial charge in [-0.15, -0.1) is 0 Å². The minimum atomic E-state index is -1.18. The van der Waals surface area contributed by atoms with Gasteiger partial charge in [-0.3, -0.25) is 9.78 Å². The molecule has 1 aliphatic heterocycles. The van der Waals surface area contributed by atoms with Crippen LogP contribution in [0, 0.1) is 23.2 Å². The Balaban J connectivity index is 0.00000106. The maximum atomic E-state index is 13.2. The van der Waals surface area contributed by atoms with Crippen molar-refractivity contribution in [1.29, 1.82) is 0 Å². The molecule has 3 heterocycles. The Kier molecular flexibility index (Phi) is 10.2. The molecule has 9 nitrogen and oxygen atoms in total. The van der Waals surface area contributed by atoms with Gasteiger partial charge >= 0.3 is 11.6 Å². The van der Waals surface area contributed by atoms with Crippen LogP contribution in [0.5, 0.6) is 5.75 Å². The highest BCUT2D eigenvalue weighted by atomic mass is 16.6. The summed E-state index contributed by atoms with van der Waals surface area (Å²) in [7, 11) is 1.00. The van der Waals surface area contributed by atoms with Gasteiger partial charge in [-0.2, -0.15) is 0 Å². The van der Waals surface area contributed by atoms with E-state index in [2.05, 4.69) is 11.9 Å². The summed E-state index contributed by atoms with van der Waals surface area (Å²) in [6.07, 6.45) is 3.62. The number of nitrogens with zero attached hydrogens (tertiary/aromatic N) is 1. The lowest BCUT2D eigenvalue weighted by Gasteiger charge is -2.63. The van der Waals surface area contributed by atoms with Crippen molar-refractivity contribution in [2.24, 2.45) is 23.2 Å².